The van der Waals surface area contributed by atoms with Crippen LogP contribution in [-0.4, -0.2) is 6.10 Å². The van der Waals surface area contributed by atoms with Gasteiger partial charge in [-0.2, -0.15) is 0 Å². The molecule has 2 rings (SSSR count). The Hall–Kier alpha value is -1.58. The van der Waals surface area contributed by atoms with E-state index in [1.165, 1.54) is 6.07 Å². The molecule has 112 valence electrons. The second-order valence-corrected chi connectivity index (χ2v) is 5.62. The number of ether oxygens (including phenoxy) is 1. The molecule has 4 heteroatoms. The highest BCUT2D eigenvalue weighted by molar-refractivity contribution is 6.31. The molecule has 0 amide bonds. The third kappa shape index (κ3) is 3.96. The van der Waals surface area contributed by atoms with Gasteiger partial charge in [-0.3, -0.25) is 0 Å². The number of rotatable bonds is 5. The Bertz CT molecular complexity index is 595. The summed E-state index contributed by atoms with van der Waals surface area (Å²) in [6.07, 6.45) is 0.375. The van der Waals surface area contributed by atoms with Crippen LogP contribution < -0.4 is 10.5 Å². The number of hydrogen-bond donors (Lipinski definition) is 1. The fourth-order valence-corrected chi connectivity index (χ4v) is 2.45. The Morgan fingerprint density at radius 2 is 1.86 bits per heavy atom. The lowest BCUT2D eigenvalue weighted by Crippen LogP contribution is -2.17. The lowest BCUT2D eigenvalue weighted by molar-refractivity contribution is 0.238. The van der Waals surface area contributed by atoms with E-state index in [1.807, 2.05) is 38.1 Å². The minimum absolute atomic E-state index is 0.0513. The number of halogens is 2. The van der Waals surface area contributed by atoms with Crippen molar-refractivity contribution in [2.75, 3.05) is 0 Å². The molecule has 2 N–H and O–H groups in total. The van der Waals surface area contributed by atoms with E-state index < -0.39 is 0 Å². The monoisotopic (exact) mass is 307 g/mol. The summed E-state index contributed by atoms with van der Waals surface area (Å²) in [7, 11) is 0. The molecule has 0 aromatic heterocycles. The summed E-state index contributed by atoms with van der Waals surface area (Å²) in [6, 6.07) is 11.8. The van der Waals surface area contributed by atoms with Crippen molar-refractivity contribution in [2.24, 2.45) is 5.73 Å². The van der Waals surface area contributed by atoms with E-state index >= 15 is 0 Å². The molecule has 0 radical (unpaired) electrons. The van der Waals surface area contributed by atoms with E-state index in [0.717, 1.165) is 11.3 Å². The molecule has 21 heavy (non-hydrogen) atoms. The van der Waals surface area contributed by atoms with Crippen LogP contribution in [0.1, 0.15) is 31.0 Å². The summed E-state index contributed by atoms with van der Waals surface area (Å²) in [5, 5.41) is 0.396. The van der Waals surface area contributed by atoms with E-state index in [0.29, 0.717) is 17.0 Å². The van der Waals surface area contributed by atoms with E-state index in [4.69, 9.17) is 22.1 Å². The molecule has 0 saturated heterocycles. The third-order valence-electron chi connectivity index (χ3n) is 3.17. The number of benzene rings is 2. The topological polar surface area (TPSA) is 35.2 Å². The zero-order valence-corrected chi connectivity index (χ0v) is 12.9. The minimum atomic E-state index is -0.380. The number of nitrogens with two attached hydrogens (primary N) is 1. The smallest absolute Gasteiger partial charge is 0.127 e. The zero-order valence-electron chi connectivity index (χ0n) is 12.1. The Labute approximate surface area is 129 Å². The molecule has 0 fully saturated rings. The first-order valence-electron chi connectivity index (χ1n) is 6.93. The summed E-state index contributed by atoms with van der Waals surface area (Å²) in [5.41, 5.74) is 7.52. The standard InChI is InChI=1S/C17H19ClFNO/c1-11(2)21-17-9-4-3-6-12(17)16(20)10-13-14(18)7-5-8-15(13)19/h3-9,11,16H,10,20H2,1-2H3. The molecule has 0 saturated carbocycles. The Kier molecular flexibility index (Phi) is 5.21. The molecule has 0 aliphatic heterocycles. The Balaban J connectivity index is 2.26. The minimum Gasteiger partial charge on any atom is -0.491 e. The molecular weight excluding hydrogens is 289 g/mol. The van der Waals surface area contributed by atoms with Gasteiger partial charge in [0, 0.05) is 22.2 Å². The van der Waals surface area contributed by atoms with Crippen molar-refractivity contribution in [3.63, 3.8) is 0 Å². The fraction of sp³-hybridized carbons (Fsp3) is 0.294. The van der Waals surface area contributed by atoms with E-state index in [-0.39, 0.29) is 18.0 Å². The first-order chi connectivity index (χ1) is 9.99. The molecule has 0 heterocycles. The van der Waals surface area contributed by atoms with Gasteiger partial charge in [-0.05, 0) is 38.5 Å². The van der Waals surface area contributed by atoms with Gasteiger partial charge in [0.05, 0.1) is 6.10 Å². The van der Waals surface area contributed by atoms with Gasteiger partial charge in [0.1, 0.15) is 11.6 Å². The molecule has 0 bridgehead atoms. The second-order valence-electron chi connectivity index (χ2n) is 5.22. The summed E-state index contributed by atoms with van der Waals surface area (Å²) < 4.78 is 19.6. The van der Waals surface area contributed by atoms with Gasteiger partial charge in [0.2, 0.25) is 0 Å². The summed E-state index contributed by atoms with van der Waals surface area (Å²) in [4.78, 5) is 0. The van der Waals surface area contributed by atoms with Crippen molar-refractivity contribution in [1.29, 1.82) is 0 Å². The van der Waals surface area contributed by atoms with Crippen LogP contribution in [0.2, 0.25) is 5.02 Å². The molecule has 2 aromatic carbocycles. The maximum Gasteiger partial charge on any atom is 0.127 e. The lowest BCUT2D eigenvalue weighted by Gasteiger charge is -2.19. The fourth-order valence-electron chi connectivity index (χ4n) is 2.21. The predicted molar refractivity (Wildman–Crippen MR) is 84.2 cm³/mol. The van der Waals surface area contributed by atoms with Gasteiger partial charge in [-0.15, -0.1) is 0 Å². The highest BCUT2D eigenvalue weighted by Crippen LogP contribution is 2.29. The molecular formula is C17H19ClFNO. The van der Waals surface area contributed by atoms with E-state index in [2.05, 4.69) is 0 Å². The zero-order chi connectivity index (χ0) is 15.4. The van der Waals surface area contributed by atoms with Crippen molar-refractivity contribution in [3.05, 3.63) is 64.4 Å². The van der Waals surface area contributed by atoms with Crippen LogP contribution in [0, 0.1) is 5.82 Å². The van der Waals surface area contributed by atoms with Crippen LogP contribution in [0.3, 0.4) is 0 Å². The molecule has 2 aromatic rings. The average molecular weight is 308 g/mol. The van der Waals surface area contributed by atoms with Crippen molar-refractivity contribution < 1.29 is 9.13 Å². The van der Waals surface area contributed by atoms with Crippen LogP contribution in [-0.2, 0) is 6.42 Å². The number of hydrogen-bond acceptors (Lipinski definition) is 2. The van der Waals surface area contributed by atoms with Crippen molar-refractivity contribution in [3.8, 4) is 5.75 Å². The van der Waals surface area contributed by atoms with Crippen LogP contribution in [0.5, 0.6) is 5.75 Å². The van der Waals surface area contributed by atoms with Gasteiger partial charge >= 0.3 is 0 Å². The molecule has 1 unspecified atom stereocenters. The van der Waals surface area contributed by atoms with Crippen LogP contribution in [0.15, 0.2) is 42.5 Å². The molecule has 1 atom stereocenters. The third-order valence-corrected chi connectivity index (χ3v) is 3.52. The van der Waals surface area contributed by atoms with Crippen molar-refractivity contribution >= 4 is 11.6 Å². The normalized spacial score (nSPS) is 12.5. The maximum absolute atomic E-state index is 13.9. The second kappa shape index (κ2) is 6.92. The molecule has 0 aliphatic rings. The summed E-state index contributed by atoms with van der Waals surface area (Å²) >= 11 is 6.06. The van der Waals surface area contributed by atoms with Crippen LogP contribution in [0.4, 0.5) is 4.39 Å². The largest absolute Gasteiger partial charge is 0.491 e. The SMILES string of the molecule is CC(C)Oc1ccccc1C(N)Cc1c(F)cccc1Cl. The van der Waals surface area contributed by atoms with Gasteiger partial charge in [0.25, 0.3) is 0 Å². The lowest BCUT2D eigenvalue weighted by atomic mass is 9.98. The van der Waals surface area contributed by atoms with Gasteiger partial charge in [-0.1, -0.05) is 35.9 Å². The Morgan fingerprint density at radius 3 is 2.52 bits per heavy atom. The quantitative estimate of drug-likeness (QED) is 0.882. The van der Waals surface area contributed by atoms with Gasteiger partial charge < -0.3 is 10.5 Å². The summed E-state index contributed by atoms with van der Waals surface area (Å²) in [6.45, 7) is 3.91. The summed E-state index contributed by atoms with van der Waals surface area (Å²) in [5.74, 6) is 0.396. The first-order valence-corrected chi connectivity index (χ1v) is 7.31. The van der Waals surface area contributed by atoms with Crippen LogP contribution in [0.25, 0.3) is 0 Å². The predicted octanol–water partition coefficient (Wildman–Crippen LogP) is 4.51. The van der Waals surface area contributed by atoms with Gasteiger partial charge in [-0.25, -0.2) is 4.39 Å². The molecule has 0 aliphatic carbocycles. The highest BCUT2D eigenvalue weighted by Gasteiger charge is 2.17. The highest BCUT2D eigenvalue weighted by atomic mass is 35.5. The van der Waals surface area contributed by atoms with E-state index in [1.54, 1.807) is 12.1 Å². The van der Waals surface area contributed by atoms with Gasteiger partial charge in [0.15, 0.2) is 0 Å². The van der Waals surface area contributed by atoms with Crippen molar-refractivity contribution in [1.82, 2.24) is 0 Å². The Morgan fingerprint density at radius 1 is 1.14 bits per heavy atom. The van der Waals surface area contributed by atoms with Crippen LogP contribution >= 0.6 is 11.6 Å². The van der Waals surface area contributed by atoms with E-state index in [9.17, 15) is 4.39 Å². The van der Waals surface area contributed by atoms with Crippen molar-refractivity contribution in [2.45, 2.75) is 32.4 Å². The first kappa shape index (κ1) is 15.8. The molecule has 0 spiro atoms. The molecule has 2 nitrogen and oxygen atoms in total. The maximum atomic E-state index is 13.9. The average Bonchev–Trinajstić information content (AvgIpc) is 2.43. The number of para-hydroxylation sites is 1.